The van der Waals surface area contributed by atoms with Crippen molar-refractivity contribution in [2.45, 2.75) is 31.8 Å². The fraction of sp³-hybridized carbons (Fsp3) is 0.700. The van der Waals surface area contributed by atoms with Crippen molar-refractivity contribution in [3.8, 4) is 5.88 Å². The smallest absolute Gasteiger partial charge is 0.229 e. The molecular formula is C10H16N2O2. The Kier molecular flexibility index (Phi) is 2.23. The monoisotopic (exact) mass is 196 g/mol. The number of aryl methyl sites for hydroxylation is 1. The van der Waals surface area contributed by atoms with Crippen LogP contribution in [0.1, 0.15) is 32.0 Å². The second-order valence-corrected chi connectivity index (χ2v) is 4.07. The lowest BCUT2D eigenvalue weighted by molar-refractivity contribution is -0.0776. The number of ether oxygens (including phenoxy) is 1. The van der Waals surface area contributed by atoms with Gasteiger partial charge >= 0.3 is 0 Å². The molecule has 2 heterocycles. The van der Waals surface area contributed by atoms with E-state index in [0.717, 1.165) is 31.7 Å². The van der Waals surface area contributed by atoms with Crippen LogP contribution in [0.4, 0.5) is 0 Å². The van der Waals surface area contributed by atoms with Crippen LogP contribution in [0, 0.1) is 0 Å². The van der Waals surface area contributed by atoms with Crippen LogP contribution in [0.25, 0.3) is 0 Å². The van der Waals surface area contributed by atoms with Gasteiger partial charge in [0.25, 0.3) is 0 Å². The summed E-state index contributed by atoms with van der Waals surface area (Å²) in [5.74, 6) is 0.882. The van der Waals surface area contributed by atoms with Gasteiger partial charge in [0.05, 0.1) is 6.20 Å². The summed E-state index contributed by atoms with van der Waals surface area (Å²) in [5.41, 5.74) is -0.325. The molecule has 1 aromatic heterocycles. The number of hydrogen-bond acceptors (Lipinski definition) is 3. The van der Waals surface area contributed by atoms with E-state index in [0.29, 0.717) is 0 Å². The quantitative estimate of drug-likeness (QED) is 0.741. The van der Waals surface area contributed by atoms with Gasteiger partial charge in [0, 0.05) is 13.7 Å². The molecule has 1 fully saturated rings. The maximum absolute atomic E-state index is 9.29. The summed E-state index contributed by atoms with van der Waals surface area (Å²) in [6, 6.07) is 0. The van der Waals surface area contributed by atoms with Crippen LogP contribution in [0.3, 0.4) is 0 Å². The second kappa shape index (κ2) is 3.28. The van der Waals surface area contributed by atoms with Crippen LogP contribution in [-0.4, -0.2) is 21.3 Å². The average molecular weight is 196 g/mol. The molecule has 1 aliphatic heterocycles. The fourth-order valence-corrected chi connectivity index (χ4v) is 2.05. The summed E-state index contributed by atoms with van der Waals surface area (Å²) in [6.45, 7) is 2.82. The minimum absolute atomic E-state index is 0.0675. The number of hydrogen-bond donors (Lipinski definition) is 1. The highest BCUT2D eigenvalue weighted by molar-refractivity contribution is 5.13. The first-order chi connectivity index (χ1) is 6.62. The zero-order valence-electron chi connectivity index (χ0n) is 8.66. The Hall–Kier alpha value is -1.03. The Bertz CT molecular complexity index is 327. The van der Waals surface area contributed by atoms with E-state index in [1.165, 1.54) is 0 Å². The molecule has 0 bridgehead atoms. The lowest BCUT2D eigenvalue weighted by Crippen LogP contribution is -2.32. The highest BCUT2D eigenvalue weighted by Gasteiger charge is 2.34. The molecule has 0 amide bonds. The Labute approximate surface area is 83.5 Å². The van der Waals surface area contributed by atoms with E-state index in [2.05, 4.69) is 4.98 Å². The van der Waals surface area contributed by atoms with Crippen LogP contribution >= 0.6 is 0 Å². The van der Waals surface area contributed by atoms with E-state index >= 15 is 0 Å². The first-order valence-corrected chi connectivity index (χ1v) is 4.98. The van der Waals surface area contributed by atoms with Gasteiger partial charge in [0.1, 0.15) is 11.4 Å². The SMILES string of the molecule is Cn1cc(O)nc1C1(C)CCCCO1. The average Bonchev–Trinajstić information content (AvgIpc) is 2.47. The summed E-state index contributed by atoms with van der Waals surface area (Å²) in [5, 5.41) is 9.29. The number of nitrogens with zero attached hydrogens (tertiary/aromatic N) is 2. The number of rotatable bonds is 1. The Morgan fingerprint density at radius 3 is 2.86 bits per heavy atom. The van der Waals surface area contributed by atoms with E-state index in [4.69, 9.17) is 4.74 Å². The second-order valence-electron chi connectivity index (χ2n) is 4.07. The van der Waals surface area contributed by atoms with Crippen molar-refractivity contribution in [3.05, 3.63) is 12.0 Å². The molecule has 1 atom stereocenters. The van der Waals surface area contributed by atoms with Gasteiger partial charge in [0.15, 0.2) is 0 Å². The van der Waals surface area contributed by atoms with Gasteiger partial charge in [-0.15, -0.1) is 0 Å². The minimum Gasteiger partial charge on any atom is -0.492 e. The van der Waals surface area contributed by atoms with Crippen LogP contribution in [0.2, 0.25) is 0 Å². The lowest BCUT2D eigenvalue weighted by Gasteiger charge is -2.32. The zero-order valence-corrected chi connectivity index (χ0v) is 8.66. The maximum atomic E-state index is 9.29. The topological polar surface area (TPSA) is 47.3 Å². The molecule has 0 saturated carbocycles. The summed E-state index contributed by atoms with van der Waals surface area (Å²) >= 11 is 0. The Balaban J connectivity index is 2.32. The van der Waals surface area contributed by atoms with Crippen LogP contribution in [0.15, 0.2) is 6.20 Å². The summed E-state index contributed by atoms with van der Waals surface area (Å²) in [4.78, 5) is 4.10. The van der Waals surface area contributed by atoms with Crippen molar-refractivity contribution >= 4 is 0 Å². The van der Waals surface area contributed by atoms with Crippen molar-refractivity contribution in [1.82, 2.24) is 9.55 Å². The molecule has 0 radical (unpaired) electrons. The van der Waals surface area contributed by atoms with Crippen LogP contribution < -0.4 is 0 Å². The van der Waals surface area contributed by atoms with Crippen molar-refractivity contribution in [2.75, 3.05) is 6.61 Å². The zero-order chi connectivity index (χ0) is 10.2. The van der Waals surface area contributed by atoms with Crippen molar-refractivity contribution in [2.24, 2.45) is 7.05 Å². The van der Waals surface area contributed by atoms with E-state index < -0.39 is 0 Å². The van der Waals surface area contributed by atoms with Gasteiger partial charge in [-0.05, 0) is 26.2 Å². The number of imidazole rings is 1. The Morgan fingerprint density at radius 2 is 2.36 bits per heavy atom. The van der Waals surface area contributed by atoms with Gasteiger partial charge in [-0.2, -0.15) is 4.98 Å². The van der Waals surface area contributed by atoms with Gasteiger partial charge in [-0.3, -0.25) is 0 Å². The molecular weight excluding hydrogens is 180 g/mol. The molecule has 0 aromatic carbocycles. The largest absolute Gasteiger partial charge is 0.492 e. The Morgan fingerprint density at radius 1 is 1.57 bits per heavy atom. The minimum atomic E-state index is -0.325. The van der Waals surface area contributed by atoms with Gasteiger partial charge in [-0.1, -0.05) is 0 Å². The maximum Gasteiger partial charge on any atom is 0.229 e. The van der Waals surface area contributed by atoms with E-state index in [-0.39, 0.29) is 11.5 Å². The molecule has 4 heteroatoms. The number of aromatic hydroxyl groups is 1. The first-order valence-electron chi connectivity index (χ1n) is 4.98. The molecule has 2 rings (SSSR count). The van der Waals surface area contributed by atoms with E-state index in [9.17, 15) is 5.11 Å². The normalized spacial score (nSPS) is 27.9. The molecule has 0 aliphatic carbocycles. The number of aromatic nitrogens is 2. The molecule has 0 spiro atoms. The molecule has 1 aromatic rings. The summed E-state index contributed by atoms with van der Waals surface area (Å²) in [6.07, 6.45) is 4.85. The van der Waals surface area contributed by atoms with Crippen molar-refractivity contribution < 1.29 is 9.84 Å². The summed E-state index contributed by atoms with van der Waals surface area (Å²) < 4.78 is 7.59. The standard InChI is InChI=1S/C10H16N2O2/c1-10(5-3-4-6-14-10)9-11-8(13)7-12(9)2/h7,13H,3-6H2,1-2H3. The third-order valence-corrected chi connectivity index (χ3v) is 2.81. The lowest BCUT2D eigenvalue weighted by atomic mass is 9.95. The third kappa shape index (κ3) is 1.50. The third-order valence-electron chi connectivity index (χ3n) is 2.81. The predicted octanol–water partition coefficient (Wildman–Crippen LogP) is 1.54. The fourth-order valence-electron chi connectivity index (χ4n) is 2.05. The molecule has 14 heavy (non-hydrogen) atoms. The van der Waals surface area contributed by atoms with Gasteiger partial charge < -0.3 is 14.4 Å². The van der Waals surface area contributed by atoms with E-state index in [1.807, 2.05) is 18.5 Å². The van der Waals surface area contributed by atoms with E-state index in [1.54, 1.807) is 6.20 Å². The molecule has 1 saturated heterocycles. The summed E-state index contributed by atoms with van der Waals surface area (Å²) in [7, 11) is 1.88. The molecule has 1 unspecified atom stereocenters. The predicted molar refractivity (Wildman–Crippen MR) is 52.0 cm³/mol. The molecule has 1 aliphatic rings. The highest BCUT2D eigenvalue weighted by atomic mass is 16.5. The first kappa shape index (κ1) is 9.52. The molecule has 78 valence electrons. The molecule has 1 N–H and O–H groups in total. The van der Waals surface area contributed by atoms with Gasteiger partial charge in [0.2, 0.25) is 5.88 Å². The van der Waals surface area contributed by atoms with Gasteiger partial charge in [-0.25, -0.2) is 0 Å². The van der Waals surface area contributed by atoms with Crippen LogP contribution in [0.5, 0.6) is 5.88 Å². The van der Waals surface area contributed by atoms with Crippen LogP contribution in [-0.2, 0) is 17.4 Å². The van der Waals surface area contributed by atoms with Crippen molar-refractivity contribution in [3.63, 3.8) is 0 Å². The molecule has 4 nitrogen and oxygen atoms in total. The highest BCUT2D eigenvalue weighted by Crippen LogP contribution is 2.34. The van der Waals surface area contributed by atoms with Crippen molar-refractivity contribution in [1.29, 1.82) is 0 Å².